The number of nitrogens with two attached hydrogens (primary N) is 1. The lowest BCUT2D eigenvalue weighted by atomic mass is 10.0. The Morgan fingerprint density at radius 3 is 2.35 bits per heavy atom. The van der Waals surface area contributed by atoms with Crippen molar-refractivity contribution in [2.24, 2.45) is 5.73 Å². The van der Waals surface area contributed by atoms with Gasteiger partial charge < -0.3 is 15.2 Å². The van der Waals surface area contributed by atoms with Crippen molar-refractivity contribution in [3.05, 3.63) is 45.6 Å². The van der Waals surface area contributed by atoms with E-state index in [1.54, 1.807) is 14.2 Å². The molecule has 0 amide bonds. The summed E-state index contributed by atoms with van der Waals surface area (Å²) in [5, 5.41) is 0. The molecule has 2 N–H and O–H groups in total. The largest absolute Gasteiger partial charge is 0.493 e. The van der Waals surface area contributed by atoms with Gasteiger partial charge in [-0.25, -0.2) is 0 Å². The predicted octanol–water partition coefficient (Wildman–Crippen LogP) is 3.57. The van der Waals surface area contributed by atoms with Gasteiger partial charge in [0.2, 0.25) is 0 Å². The third-order valence-electron chi connectivity index (χ3n) is 3.32. The molecule has 0 saturated carbocycles. The minimum atomic E-state index is -0.0295. The zero-order valence-corrected chi connectivity index (χ0v) is 13.0. The monoisotopic (exact) mass is 291 g/mol. The van der Waals surface area contributed by atoms with Crippen molar-refractivity contribution >= 4 is 11.3 Å². The molecule has 20 heavy (non-hydrogen) atoms. The van der Waals surface area contributed by atoms with Gasteiger partial charge in [-0.2, -0.15) is 0 Å². The van der Waals surface area contributed by atoms with Crippen LogP contribution in [0.1, 0.15) is 28.3 Å². The lowest BCUT2D eigenvalue weighted by molar-refractivity contribution is 0.354. The zero-order valence-electron chi connectivity index (χ0n) is 12.2. The number of rotatable bonds is 6. The van der Waals surface area contributed by atoms with E-state index in [2.05, 4.69) is 19.1 Å². The molecular formula is C16H21NO2S. The highest BCUT2D eigenvalue weighted by Crippen LogP contribution is 2.31. The highest BCUT2D eigenvalue weighted by molar-refractivity contribution is 7.11. The fraction of sp³-hybridized carbons (Fsp3) is 0.375. The van der Waals surface area contributed by atoms with Gasteiger partial charge in [-0.3, -0.25) is 0 Å². The van der Waals surface area contributed by atoms with E-state index >= 15 is 0 Å². The fourth-order valence-corrected chi connectivity index (χ4v) is 3.16. The van der Waals surface area contributed by atoms with Crippen LogP contribution in [0.25, 0.3) is 0 Å². The van der Waals surface area contributed by atoms with Crippen LogP contribution in [0, 0.1) is 0 Å². The molecule has 1 unspecified atom stereocenters. The van der Waals surface area contributed by atoms with E-state index in [1.165, 1.54) is 9.75 Å². The average Bonchev–Trinajstić information content (AvgIpc) is 2.94. The van der Waals surface area contributed by atoms with E-state index in [4.69, 9.17) is 15.2 Å². The minimum Gasteiger partial charge on any atom is -0.493 e. The van der Waals surface area contributed by atoms with Crippen molar-refractivity contribution in [1.82, 2.24) is 0 Å². The SMILES string of the molecule is CCc1ccc(CC(N)c2ccc(OC)c(OC)c2)s1. The molecule has 2 aromatic rings. The van der Waals surface area contributed by atoms with Crippen molar-refractivity contribution in [2.75, 3.05) is 14.2 Å². The molecule has 0 aliphatic rings. The predicted molar refractivity (Wildman–Crippen MR) is 83.9 cm³/mol. The van der Waals surface area contributed by atoms with Crippen LogP contribution < -0.4 is 15.2 Å². The summed E-state index contributed by atoms with van der Waals surface area (Å²) >= 11 is 1.84. The van der Waals surface area contributed by atoms with E-state index < -0.39 is 0 Å². The van der Waals surface area contributed by atoms with Gasteiger partial charge in [0.15, 0.2) is 11.5 Å². The summed E-state index contributed by atoms with van der Waals surface area (Å²) < 4.78 is 10.6. The van der Waals surface area contributed by atoms with Crippen molar-refractivity contribution in [2.45, 2.75) is 25.8 Å². The number of ether oxygens (including phenoxy) is 2. The summed E-state index contributed by atoms with van der Waals surface area (Å²) in [4.78, 5) is 2.73. The van der Waals surface area contributed by atoms with Crippen molar-refractivity contribution < 1.29 is 9.47 Å². The van der Waals surface area contributed by atoms with E-state index in [9.17, 15) is 0 Å². The summed E-state index contributed by atoms with van der Waals surface area (Å²) in [6.45, 7) is 2.17. The first-order valence-electron chi connectivity index (χ1n) is 6.73. The lowest BCUT2D eigenvalue weighted by Gasteiger charge is -2.14. The summed E-state index contributed by atoms with van der Waals surface area (Å²) in [5.41, 5.74) is 7.37. The molecule has 0 saturated heterocycles. The smallest absolute Gasteiger partial charge is 0.161 e. The highest BCUT2D eigenvalue weighted by Gasteiger charge is 2.12. The Kier molecular flexibility index (Phi) is 5.04. The molecule has 1 heterocycles. The van der Waals surface area contributed by atoms with E-state index in [0.717, 1.165) is 29.9 Å². The second kappa shape index (κ2) is 6.77. The quantitative estimate of drug-likeness (QED) is 0.885. The topological polar surface area (TPSA) is 44.5 Å². The van der Waals surface area contributed by atoms with Crippen LogP contribution in [0.15, 0.2) is 30.3 Å². The van der Waals surface area contributed by atoms with Gasteiger partial charge in [0, 0.05) is 22.2 Å². The zero-order chi connectivity index (χ0) is 14.5. The van der Waals surface area contributed by atoms with Gasteiger partial charge in [-0.1, -0.05) is 13.0 Å². The molecule has 2 rings (SSSR count). The van der Waals surface area contributed by atoms with Crippen LogP contribution in [0.2, 0.25) is 0 Å². The maximum Gasteiger partial charge on any atom is 0.161 e. The number of aryl methyl sites for hydroxylation is 1. The maximum atomic E-state index is 6.30. The number of thiophene rings is 1. The number of benzene rings is 1. The Hall–Kier alpha value is -1.52. The molecule has 108 valence electrons. The Morgan fingerprint density at radius 1 is 1.05 bits per heavy atom. The standard InChI is InChI=1S/C16H21NO2S/c1-4-12-6-7-13(20-12)10-14(17)11-5-8-15(18-2)16(9-11)19-3/h5-9,14H,4,10,17H2,1-3H3. The third-order valence-corrected chi connectivity index (χ3v) is 4.57. The molecule has 0 spiro atoms. The van der Waals surface area contributed by atoms with E-state index in [0.29, 0.717) is 0 Å². The second-order valence-corrected chi connectivity index (χ2v) is 5.90. The van der Waals surface area contributed by atoms with Crippen LogP contribution in [-0.4, -0.2) is 14.2 Å². The summed E-state index contributed by atoms with van der Waals surface area (Å²) in [6.07, 6.45) is 1.93. The van der Waals surface area contributed by atoms with Crippen LogP contribution in [0.5, 0.6) is 11.5 Å². The molecule has 0 fully saturated rings. The molecule has 0 bridgehead atoms. The second-order valence-electron chi connectivity index (χ2n) is 4.65. The first-order valence-corrected chi connectivity index (χ1v) is 7.54. The maximum absolute atomic E-state index is 6.30. The van der Waals surface area contributed by atoms with Gasteiger partial charge >= 0.3 is 0 Å². The number of methoxy groups -OCH3 is 2. The highest BCUT2D eigenvalue weighted by atomic mass is 32.1. The third kappa shape index (κ3) is 3.32. The summed E-state index contributed by atoms with van der Waals surface area (Å²) in [7, 11) is 3.27. The number of hydrogen-bond acceptors (Lipinski definition) is 4. The Morgan fingerprint density at radius 2 is 1.75 bits per heavy atom. The molecule has 1 aromatic carbocycles. The Balaban J connectivity index is 2.14. The van der Waals surface area contributed by atoms with Crippen LogP contribution in [0.4, 0.5) is 0 Å². The molecule has 0 radical (unpaired) electrons. The van der Waals surface area contributed by atoms with E-state index in [-0.39, 0.29) is 6.04 Å². The van der Waals surface area contributed by atoms with Gasteiger partial charge in [0.05, 0.1) is 14.2 Å². The minimum absolute atomic E-state index is 0.0295. The van der Waals surface area contributed by atoms with Gasteiger partial charge in [0.1, 0.15) is 0 Å². The lowest BCUT2D eigenvalue weighted by Crippen LogP contribution is -2.12. The fourth-order valence-electron chi connectivity index (χ4n) is 2.14. The molecule has 3 nitrogen and oxygen atoms in total. The van der Waals surface area contributed by atoms with Crippen molar-refractivity contribution in [3.63, 3.8) is 0 Å². The first kappa shape index (κ1) is 14.9. The molecule has 1 atom stereocenters. The molecule has 0 aliphatic carbocycles. The summed E-state index contributed by atoms with van der Waals surface area (Å²) in [6, 6.07) is 10.2. The van der Waals surface area contributed by atoms with Gasteiger partial charge in [0.25, 0.3) is 0 Å². The summed E-state index contributed by atoms with van der Waals surface area (Å²) in [5.74, 6) is 1.45. The first-order chi connectivity index (χ1) is 9.67. The average molecular weight is 291 g/mol. The van der Waals surface area contributed by atoms with Gasteiger partial charge in [-0.05, 0) is 36.2 Å². The Bertz CT molecular complexity index is 565. The van der Waals surface area contributed by atoms with Crippen molar-refractivity contribution in [3.8, 4) is 11.5 Å². The number of hydrogen-bond donors (Lipinski definition) is 1. The molecular weight excluding hydrogens is 270 g/mol. The van der Waals surface area contributed by atoms with Crippen LogP contribution in [0.3, 0.4) is 0 Å². The normalized spacial score (nSPS) is 12.2. The molecule has 0 aliphatic heterocycles. The Labute approximate surface area is 124 Å². The van der Waals surface area contributed by atoms with Crippen LogP contribution >= 0.6 is 11.3 Å². The van der Waals surface area contributed by atoms with Crippen LogP contribution in [-0.2, 0) is 12.8 Å². The molecule has 1 aromatic heterocycles. The van der Waals surface area contributed by atoms with E-state index in [1.807, 2.05) is 29.5 Å². The van der Waals surface area contributed by atoms with Crippen molar-refractivity contribution in [1.29, 1.82) is 0 Å². The molecule has 4 heteroatoms. The van der Waals surface area contributed by atoms with Gasteiger partial charge in [-0.15, -0.1) is 11.3 Å².